The van der Waals surface area contributed by atoms with E-state index in [0.717, 1.165) is 35.1 Å². The smallest absolute Gasteiger partial charge is 0.225 e. The van der Waals surface area contributed by atoms with Crippen LogP contribution < -0.4 is 5.32 Å². The maximum Gasteiger partial charge on any atom is 0.225 e. The van der Waals surface area contributed by atoms with Gasteiger partial charge in [0.1, 0.15) is 5.82 Å². The second-order valence-electron chi connectivity index (χ2n) is 5.75. The van der Waals surface area contributed by atoms with E-state index in [1.54, 1.807) is 0 Å². The van der Waals surface area contributed by atoms with E-state index in [0.29, 0.717) is 6.42 Å². The SMILES string of the molecule is CCCC(=O)Nc1c2c(nn1-c1ccc(C)c(C)c1)CSC2. The molecule has 0 bridgehead atoms. The highest BCUT2D eigenvalue weighted by atomic mass is 32.2. The van der Waals surface area contributed by atoms with E-state index >= 15 is 0 Å². The van der Waals surface area contributed by atoms with Gasteiger partial charge in [-0.15, -0.1) is 0 Å². The Balaban J connectivity index is 2.03. The molecule has 3 rings (SSSR count). The van der Waals surface area contributed by atoms with Gasteiger partial charge in [-0.3, -0.25) is 4.79 Å². The molecule has 1 amide bonds. The number of hydrogen-bond donors (Lipinski definition) is 1. The first-order valence-electron chi connectivity index (χ1n) is 7.66. The lowest BCUT2D eigenvalue weighted by molar-refractivity contribution is -0.116. The van der Waals surface area contributed by atoms with Gasteiger partial charge in [0, 0.05) is 23.5 Å². The summed E-state index contributed by atoms with van der Waals surface area (Å²) in [5.74, 6) is 2.75. The Morgan fingerprint density at radius 1 is 1.32 bits per heavy atom. The number of nitrogens with zero attached hydrogens (tertiary/aromatic N) is 2. The summed E-state index contributed by atoms with van der Waals surface area (Å²) in [5.41, 5.74) is 5.76. The van der Waals surface area contributed by atoms with Crippen molar-refractivity contribution in [2.24, 2.45) is 0 Å². The number of aromatic nitrogens is 2. The molecule has 5 heteroatoms. The molecule has 4 nitrogen and oxygen atoms in total. The predicted octanol–water partition coefficient (Wildman–Crippen LogP) is 3.97. The van der Waals surface area contributed by atoms with Crippen molar-refractivity contribution in [3.8, 4) is 5.69 Å². The fourth-order valence-corrected chi connectivity index (χ4v) is 3.64. The van der Waals surface area contributed by atoms with Crippen LogP contribution in [0.2, 0.25) is 0 Å². The first-order valence-corrected chi connectivity index (χ1v) is 8.81. The molecular weight excluding hydrogens is 294 g/mol. The number of nitrogens with one attached hydrogen (secondary N) is 1. The summed E-state index contributed by atoms with van der Waals surface area (Å²) in [6, 6.07) is 6.29. The summed E-state index contributed by atoms with van der Waals surface area (Å²) in [7, 11) is 0. The van der Waals surface area contributed by atoms with Crippen LogP contribution in [0.5, 0.6) is 0 Å². The third-order valence-electron chi connectivity index (χ3n) is 4.02. The Morgan fingerprint density at radius 2 is 2.14 bits per heavy atom. The molecule has 0 atom stereocenters. The summed E-state index contributed by atoms with van der Waals surface area (Å²) < 4.78 is 1.89. The molecule has 1 aliphatic rings. The number of thioether (sulfide) groups is 1. The van der Waals surface area contributed by atoms with Crippen LogP contribution in [0.1, 0.15) is 42.1 Å². The molecule has 1 aliphatic heterocycles. The quantitative estimate of drug-likeness (QED) is 0.928. The van der Waals surface area contributed by atoms with Crippen molar-refractivity contribution in [2.45, 2.75) is 45.1 Å². The van der Waals surface area contributed by atoms with Crippen molar-refractivity contribution < 1.29 is 4.79 Å². The highest BCUT2D eigenvalue weighted by molar-refractivity contribution is 7.98. The van der Waals surface area contributed by atoms with Crippen LogP contribution >= 0.6 is 11.8 Å². The fraction of sp³-hybridized carbons (Fsp3) is 0.412. The molecule has 0 aliphatic carbocycles. The zero-order valence-electron chi connectivity index (χ0n) is 13.3. The van der Waals surface area contributed by atoms with E-state index in [4.69, 9.17) is 5.10 Å². The van der Waals surface area contributed by atoms with Crippen LogP contribution in [-0.2, 0) is 16.3 Å². The molecule has 1 aromatic carbocycles. The van der Waals surface area contributed by atoms with E-state index in [1.165, 1.54) is 16.7 Å². The number of rotatable bonds is 4. The van der Waals surface area contributed by atoms with Crippen LogP contribution in [0, 0.1) is 13.8 Å². The molecule has 116 valence electrons. The van der Waals surface area contributed by atoms with Crippen molar-refractivity contribution in [2.75, 3.05) is 5.32 Å². The fourth-order valence-electron chi connectivity index (χ4n) is 2.61. The van der Waals surface area contributed by atoms with E-state index in [2.05, 4.69) is 37.4 Å². The van der Waals surface area contributed by atoms with Crippen LogP contribution in [-0.4, -0.2) is 15.7 Å². The summed E-state index contributed by atoms with van der Waals surface area (Å²) in [4.78, 5) is 12.1. The molecule has 0 fully saturated rings. The Kier molecular flexibility index (Phi) is 4.25. The molecule has 0 saturated heterocycles. The highest BCUT2D eigenvalue weighted by Gasteiger charge is 2.24. The average molecular weight is 315 g/mol. The molecule has 0 spiro atoms. The zero-order valence-corrected chi connectivity index (χ0v) is 14.1. The van der Waals surface area contributed by atoms with Gasteiger partial charge in [-0.05, 0) is 43.5 Å². The van der Waals surface area contributed by atoms with Crippen molar-refractivity contribution in [3.63, 3.8) is 0 Å². The van der Waals surface area contributed by atoms with E-state index in [-0.39, 0.29) is 5.91 Å². The van der Waals surface area contributed by atoms with Gasteiger partial charge in [0.15, 0.2) is 0 Å². The highest BCUT2D eigenvalue weighted by Crippen LogP contribution is 2.36. The number of hydrogen-bond acceptors (Lipinski definition) is 3. The molecule has 0 saturated carbocycles. The summed E-state index contributed by atoms with van der Waals surface area (Å²) >= 11 is 1.85. The molecule has 22 heavy (non-hydrogen) atoms. The lowest BCUT2D eigenvalue weighted by Crippen LogP contribution is -2.15. The standard InChI is InChI=1S/C17H21N3OS/c1-4-5-16(21)18-17-14-9-22-10-15(14)19-20(17)13-7-6-11(2)12(3)8-13/h6-8H,4-5,9-10H2,1-3H3,(H,18,21). The van der Waals surface area contributed by atoms with Crippen LogP contribution in [0.4, 0.5) is 5.82 Å². The predicted molar refractivity (Wildman–Crippen MR) is 91.6 cm³/mol. The number of benzene rings is 1. The molecular formula is C17H21N3OS. The Bertz CT molecular complexity index is 721. The van der Waals surface area contributed by atoms with Crippen LogP contribution in [0.25, 0.3) is 5.69 Å². The Hall–Kier alpha value is -1.75. The topological polar surface area (TPSA) is 46.9 Å². The first-order chi connectivity index (χ1) is 10.6. The zero-order chi connectivity index (χ0) is 15.7. The monoisotopic (exact) mass is 315 g/mol. The summed E-state index contributed by atoms with van der Waals surface area (Å²) in [6.45, 7) is 6.21. The third kappa shape index (κ3) is 2.77. The average Bonchev–Trinajstić information content (AvgIpc) is 3.05. The van der Waals surface area contributed by atoms with Gasteiger partial charge in [0.2, 0.25) is 5.91 Å². The lowest BCUT2D eigenvalue weighted by atomic mass is 10.1. The molecule has 2 heterocycles. The lowest BCUT2D eigenvalue weighted by Gasteiger charge is -2.12. The Labute approximate surface area is 135 Å². The van der Waals surface area contributed by atoms with Gasteiger partial charge in [-0.1, -0.05) is 13.0 Å². The minimum Gasteiger partial charge on any atom is -0.310 e. The van der Waals surface area contributed by atoms with E-state index < -0.39 is 0 Å². The van der Waals surface area contributed by atoms with Crippen LogP contribution in [0.15, 0.2) is 18.2 Å². The van der Waals surface area contributed by atoms with E-state index in [9.17, 15) is 4.79 Å². The molecule has 1 N–H and O–H groups in total. The van der Waals surface area contributed by atoms with Gasteiger partial charge in [0.05, 0.1) is 11.4 Å². The van der Waals surface area contributed by atoms with Crippen molar-refractivity contribution in [1.82, 2.24) is 9.78 Å². The maximum atomic E-state index is 12.1. The number of carbonyl (C=O) groups excluding carboxylic acids is 1. The molecule has 0 radical (unpaired) electrons. The largest absolute Gasteiger partial charge is 0.310 e. The second kappa shape index (κ2) is 6.16. The first kappa shape index (κ1) is 15.2. The third-order valence-corrected chi connectivity index (χ3v) is 4.99. The normalized spacial score (nSPS) is 13.2. The minimum atomic E-state index is 0.0622. The van der Waals surface area contributed by atoms with Gasteiger partial charge in [-0.2, -0.15) is 16.9 Å². The second-order valence-corrected chi connectivity index (χ2v) is 6.73. The number of fused-ring (bicyclic) bond motifs is 1. The number of aryl methyl sites for hydroxylation is 2. The van der Waals surface area contributed by atoms with Crippen molar-refractivity contribution in [3.05, 3.63) is 40.6 Å². The summed E-state index contributed by atoms with van der Waals surface area (Å²) in [5, 5.41) is 7.80. The van der Waals surface area contributed by atoms with E-state index in [1.807, 2.05) is 23.4 Å². The van der Waals surface area contributed by atoms with Crippen molar-refractivity contribution in [1.29, 1.82) is 0 Å². The Morgan fingerprint density at radius 3 is 2.86 bits per heavy atom. The number of carbonyl (C=O) groups is 1. The maximum absolute atomic E-state index is 12.1. The minimum absolute atomic E-state index is 0.0622. The number of amides is 1. The van der Waals surface area contributed by atoms with Gasteiger partial charge in [-0.25, -0.2) is 4.68 Å². The van der Waals surface area contributed by atoms with Gasteiger partial charge < -0.3 is 5.32 Å². The molecule has 0 unspecified atom stereocenters. The van der Waals surface area contributed by atoms with Gasteiger partial charge in [0.25, 0.3) is 0 Å². The molecule has 2 aromatic rings. The molecule has 1 aromatic heterocycles. The van der Waals surface area contributed by atoms with Crippen molar-refractivity contribution >= 4 is 23.5 Å². The van der Waals surface area contributed by atoms with Gasteiger partial charge >= 0.3 is 0 Å². The summed E-state index contributed by atoms with van der Waals surface area (Å²) in [6.07, 6.45) is 1.39. The number of anilines is 1. The van der Waals surface area contributed by atoms with Crippen LogP contribution in [0.3, 0.4) is 0 Å².